The van der Waals surface area contributed by atoms with E-state index in [1.54, 1.807) is 25.1 Å². The Balaban J connectivity index is 2.73. The van der Waals surface area contributed by atoms with Crippen molar-refractivity contribution in [3.8, 4) is 0 Å². The maximum atomic E-state index is 11.9. The lowest BCUT2D eigenvalue weighted by Gasteiger charge is -2.33. The predicted octanol–water partition coefficient (Wildman–Crippen LogP) is 9.04. The van der Waals surface area contributed by atoms with Crippen molar-refractivity contribution < 1.29 is 14.6 Å². The molecule has 0 fully saturated rings. The van der Waals surface area contributed by atoms with E-state index < -0.39 is 0 Å². The average molecular weight is 497 g/mol. The molecule has 0 spiro atoms. The van der Waals surface area contributed by atoms with Gasteiger partial charge in [0.05, 0.1) is 18.4 Å². The van der Waals surface area contributed by atoms with Gasteiger partial charge in [-0.2, -0.15) is 0 Å². The lowest BCUT2D eigenvalue weighted by molar-refractivity contribution is 0.0600. The molecule has 1 aromatic carbocycles. The molecule has 0 heterocycles. The van der Waals surface area contributed by atoms with Gasteiger partial charge in [-0.25, -0.2) is 4.79 Å². The Morgan fingerprint density at radius 3 is 2.22 bits per heavy atom. The number of allylic oxidation sites excluding steroid dienone is 15. The lowest BCUT2D eigenvalue weighted by atomic mass is 9.70. The average Bonchev–Trinajstić information content (AvgIpc) is 3.19. The molecule has 1 unspecified atom stereocenters. The van der Waals surface area contributed by atoms with Gasteiger partial charge in [0, 0.05) is 11.5 Å². The zero-order chi connectivity index (χ0) is 27.9. The van der Waals surface area contributed by atoms with Gasteiger partial charge in [-0.15, -0.1) is 0 Å². The molecule has 0 bridgehead atoms. The summed E-state index contributed by atoms with van der Waals surface area (Å²) in [7, 11) is 1.38. The fraction of sp³-hybridized carbons (Fsp3) is 0.265. The van der Waals surface area contributed by atoms with Crippen molar-refractivity contribution in [3.63, 3.8) is 0 Å². The highest BCUT2D eigenvalue weighted by atomic mass is 16.5. The highest BCUT2D eigenvalue weighted by molar-refractivity contribution is 5.92. The van der Waals surface area contributed by atoms with Gasteiger partial charge in [-0.05, 0) is 78.7 Å². The molecule has 0 amide bonds. The maximum Gasteiger partial charge on any atom is 0.337 e. The van der Waals surface area contributed by atoms with Gasteiger partial charge in [-0.1, -0.05) is 93.8 Å². The summed E-state index contributed by atoms with van der Waals surface area (Å²) < 4.78 is 4.85. The van der Waals surface area contributed by atoms with Crippen molar-refractivity contribution >= 4 is 11.5 Å². The summed E-state index contributed by atoms with van der Waals surface area (Å²) in [6.45, 7) is 24.5. The van der Waals surface area contributed by atoms with E-state index in [1.807, 2.05) is 44.2 Å². The number of hydrogen-bond donors (Lipinski definition) is 1. The Morgan fingerprint density at radius 1 is 1.11 bits per heavy atom. The van der Waals surface area contributed by atoms with E-state index in [4.69, 9.17) is 4.74 Å². The van der Waals surface area contributed by atoms with Crippen LogP contribution in [0.3, 0.4) is 0 Å². The fourth-order valence-electron chi connectivity index (χ4n) is 4.62. The highest BCUT2D eigenvalue weighted by Crippen LogP contribution is 2.51. The summed E-state index contributed by atoms with van der Waals surface area (Å²) >= 11 is 0. The van der Waals surface area contributed by atoms with Crippen molar-refractivity contribution in [1.82, 2.24) is 0 Å². The first-order valence-corrected chi connectivity index (χ1v) is 12.4. The third-order valence-electron chi connectivity index (χ3n) is 7.05. The predicted molar refractivity (Wildman–Crippen MR) is 157 cm³/mol. The van der Waals surface area contributed by atoms with Gasteiger partial charge in [0.15, 0.2) is 0 Å². The molecule has 3 heteroatoms. The first-order chi connectivity index (χ1) is 17.4. The summed E-state index contributed by atoms with van der Waals surface area (Å²) in [6, 6.07) is 7.41. The molecule has 0 aromatic heterocycles. The van der Waals surface area contributed by atoms with Crippen molar-refractivity contribution in [3.05, 3.63) is 137 Å². The summed E-state index contributed by atoms with van der Waals surface area (Å²) in [4.78, 5) is 11.9. The molecule has 1 atom stereocenters. The van der Waals surface area contributed by atoms with E-state index in [1.165, 1.54) is 12.7 Å². The molecular formula is C34H40O3. The van der Waals surface area contributed by atoms with Crippen LogP contribution in [0.25, 0.3) is 5.57 Å². The van der Waals surface area contributed by atoms with Crippen LogP contribution in [-0.2, 0) is 4.74 Å². The first-order valence-electron chi connectivity index (χ1n) is 12.4. The highest BCUT2D eigenvalue weighted by Gasteiger charge is 2.38. The van der Waals surface area contributed by atoms with Crippen LogP contribution in [-0.4, -0.2) is 18.2 Å². The smallest absolute Gasteiger partial charge is 0.337 e. The molecular weight excluding hydrogens is 456 g/mol. The third-order valence-corrected chi connectivity index (χ3v) is 7.05. The van der Waals surface area contributed by atoms with Gasteiger partial charge >= 0.3 is 5.97 Å². The van der Waals surface area contributed by atoms with Crippen LogP contribution in [0.1, 0.15) is 57.5 Å². The molecule has 0 saturated carbocycles. The van der Waals surface area contributed by atoms with Gasteiger partial charge in [0.1, 0.15) is 0 Å². The van der Waals surface area contributed by atoms with E-state index in [0.717, 1.165) is 39.0 Å². The van der Waals surface area contributed by atoms with Crippen molar-refractivity contribution in [1.29, 1.82) is 0 Å². The molecule has 0 saturated heterocycles. The molecule has 1 aromatic rings. The number of esters is 1. The fourth-order valence-corrected chi connectivity index (χ4v) is 4.62. The van der Waals surface area contributed by atoms with Gasteiger partial charge < -0.3 is 9.84 Å². The van der Waals surface area contributed by atoms with Crippen molar-refractivity contribution in [2.45, 2.75) is 41.5 Å². The quantitative estimate of drug-likeness (QED) is 0.211. The monoisotopic (exact) mass is 496 g/mol. The Bertz CT molecular complexity index is 1260. The van der Waals surface area contributed by atoms with Crippen LogP contribution >= 0.6 is 0 Å². The van der Waals surface area contributed by atoms with Gasteiger partial charge in [0.2, 0.25) is 0 Å². The van der Waals surface area contributed by atoms with Gasteiger partial charge in [-0.3, -0.25) is 0 Å². The number of aliphatic hydroxyl groups excluding tert-OH is 1. The van der Waals surface area contributed by atoms with E-state index in [-0.39, 0.29) is 23.1 Å². The summed E-state index contributed by atoms with van der Waals surface area (Å²) in [5.74, 6) is -0.118. The molecule has 1 N–H and O–H groups in total. The molecule has 2 rings (SSSR count). The van der Waals surface area contributed by atoms with E-state index in [2.05, 4.69) is 58.7 Å². The second kappa shape index (κ2) is 12.4. The van der Waals surface area contributed by atoms with E-state index in [9.17, 15) is 9.90 Å². The standard InChI is InChI=1S/C34H40O3/c1-11-13-14-15-23(5)34(8,9)31-21-29(27-16-18-28(19-17-27)33(36)37-10)24(6)30(31)20-26(12-2)32(22(3)4)25(7)35/h11-21,31,35H,1,3,6H2,2,4-5,7-10H3/b14-13-,23-15+,26-12+,30-20+,32-25+. The Morgan fingerprint density at radius 2 is 1.73 bits per heavy atom. The SMILES string of the molecule is C=C/C=C\C=C(/C)C(C)(C)C1C=C(c2ccc(C(=O)OC)cc2)C(=C)\C1=C/C(=C\C)C(/C(=C)C)=C(\C)O. The van der Waals surface area contributed by atoms with Gasteiger partial charge in [0.25, 0.3) is 0 Å². The van der Waals surface area contributed by atoms with Crippen LogP contribution in [0, 0.1) is 11.3 Å². The molecule has 0 radical (unpaired) electrons. The minimum atomic E-state index is -0.366. The third kappa shape index (κ3) is 6.48. The van der Waals surface area contributed by atoms with Crippen LogP contribution < -0.4 is 0 Å². The number of carbonyl (C=O) groups excluding carboxylic acids is 1. The van der Waals surface area contributed by atoms with E-state index >= 15 is 0 Å². The number of ether oxygens (including phenoxy) is 1. The van der Waals surface area contributed by atoms with E-state index in [0.29, 0.717) is 5.56 Å². The molecule has 1 aliphatic carbocycles. The lowest BCUT2D eigenvalue weighted by Crippen LogP contribution is -2.24. The number of hydrogen-bond acceptors (Lipinski definition) is 3. The number of rotatable bonds is 9. The molecule has 0 aliphatic heterocycles. The summed E-state index contributed by atoms with van der Waals surface area (Å²) in [5.41, 5.74) is 7.88. The second-order valence-corrected chi connectivity index (χ2v) is 9.88. The number of benzene rings is 1. The molecule has 1 aliphatic rings. The largest absolute Gasteiger partial charge is 0.512 e. The Labute approximate surface area is 223 Å². The summed E-state index contributed by atoms with van der Waals surface area (Å²) in [6.07, 6.45) is 14.2. The Hall–Kier alpha value is -3.85. The number of aliphatic hydroxyl groups is 1. The zero-order valence-corrected chi connectivity index (χ0v) is 23.3. The van der Waals surface area contributed by atoms with Crippen LogP contribution in [0.2, 0.25) is 0 Å². The maximum absolute atomic E-state index is 11.9. The molecule has 37 heavy (non-hydrogen) atoms. The van der Waals surface area contributed by atoms with Crippen molar-refractivity contribution in [2.24, 2.45) is 11.3 Å². The number of carbonyl (C=O) groups is 1. The normalized spacial score (nSPS) is 18.7. The summed E-state index contributed by atoms with van der Waals surface area (Å²) in [5, 5.41) is 10.4. The number of methoxy groups -OCH3 is 1. The minimum absolute atomic E-state index is 0.0176. The van der Waals surface area contributed by atoms with Crippen LogP contribution in [0.5, 0.6) is 0 Å². The van der Waals surface area contributed by atoms with Crippen LogP contribution in [0.4, 0.5) is 0 Å². The topological polar surface area (TPSA) is 46.5 Å². The minimum Gasteiger partial charge on any atom is -0.512 e. The molecule has 3 nitrogen and oxygen atoms in total. The first kappa shape index (κ1) is 29.4. The van der Waals surface area contributed by atoms with Crippen molar-refractivity contribution in [2.75, 3.05) is 7.11 Å². The molecule has 194 valence electrons. The zero-order valence-electron chi connectivity index (χ0n) is 23.3. The Kier molecular flexibility index (Phi) is 9.85. The van der Waals surface area contributed by atoms with Crippen LogP contribution in [0.15, 0.2) is 126 Å². The second-order valence-electron chi connectivity index (χ2n) is 9.88.